The van der Waals surface area contributed by atoms with Crippen molar-refractivity contribution in [3.63, 3.8) is 0 Å². The molecule has 0 saturated carbocycles. The van der Waals surface area contributed by atoms with Gasteiger partial charge in [-0.15, -0.1) is 0 Å². The zero-order valence-electron chi connectivity index (χ0n) is 15.5. The van der Waals surface area contributed by atoms with Crippen LogP contribution in [0.4, 0.5) is 0 Å². The molecule has 0 bridgehead atoms. The van der Waals surface area contributed by atoms with Crippen molar-refractivity contribution in [2.75, 3.05) is 39.5 Å². The van der Waals surface area contributed by atoms with Crippen molar-refractivity contribution in [1.29, 1.82) is 0 Å². The van der Waals surface area contributed by atoms with Crippen LogP contribution in [0.3, 0.4) is 0 Å². The first kappa shape index (κ1) is 21.3. The minimum absolute atomic E-state index is 0.0458. The van der Waals surface area contributed by atoms with E-state index in [4.69, 9.17) is 26.8 Å². The fourth-order valence-corrected chi connectivity index (χ4v) is 4.10. The van der Waals surface area contributed by atoms with E-state index < -0.39 is 5.97 Å². The Morgan fingerprint density at radius 2 is 2.07 bits per heavy atom. The lowest BCUT2D eigenvalue weighted by Gasteiger charge is -2.26. The van der Waals surface area contributed by atoms with Gasteiger partial charge in [0.25, 0.3) is 11.8 Å². The minimum Gasteiger partial charge on any atom is -0.484 e. The van der Waals surface area contributed by atoms with Crippen LogP contribution in [-0.4, -0.2) is 76.5 Å². The fourth-order valence-electron chi connectivity index (χ4n) is 2.79. The van der Waals surface area contributed by atoms with E-state index in [1.807, 2.05) is 0 Å². The highest BCUT2D eigenvalue weighted by Gasteiger charge is 2.32. The van der Waals surface area contributed by atoms with Gasteiger partial charge in [-0.3, -0.25) is 19.3 Å². The average Bonchev–Trinajstić information content (AvgIpc) is 2.98. The third kappa shape index (κ3) is 5.78. The highest BCUT2D eigenvalue weighted by molar-refractivity contribution is 8.26. The molecule has 0 aliphatic carbocycles. The molecule has 1 N–H and O–H groups in total. The number of hydrogen-bond acceptors (Lipinski definition) is 7. The summed E-state index contributed by atoms with van der Waals surface area (Å²) in [5, 5.41) is 8.80. The monoisotopic (exact) mass is 436 g/mol. The van der Waals surface area contributed by atoms with Crippen molar-refractivity contribution in [3.05, 3.63) is 34.7 Å². The van der Waals surface area contributed by atoms with E-state index in [9.17, 15) is 14.4 Å². The van der Waals surface area contributed by atoms with Gasteiger partial charge in [-0.1, -0.05) is 36.1 Å². The Labute approximate surface area is 177 Å². The van der Waals surface area contributed by atoms with E-state index in [0.29, 0.717) is 41.3 Å². The van der Waals surface area contributed by atoms with Crippen LogP contribution >= 0.6 is 24.0 Å². The number of carbonyl (C=O) groups excluding carboxylic acids is 2. The van der Waals surface area contributed by atoms with Gasteiger partial charge in [0.05, 0.1) is 24.5 Å². The van der Waals surface area contributed by atoms with Crippen LogP contribution < -0.4 is 4.74 Å². The molecule has 1 aromatic carbocycles. The van der Waals surface area contributed by atoms with Crippen LogP contribution in [0.25, 0.3) is 6.08 Å². The lowest BCUT2D eigenvalue weighted by Crippen LogP contribution is -2.42. The number of thiocarbonyl (C=S) groups is 1. The highest BCUT2D eigenvalue weighted by Crippen LogP contribution is 2.33. The molecule has 2 amide bonds. The smallest absolute Gasteiger partial charge is 0.305 e. The van der Waals surface area contributed by atoms with Crippen molar-refractivity contribution in [2.24, 2.45) is 0 Å². The molecule has 2 fully saturated rings. The second kappa shape index (κ2) is 9.86. The van der Waals surface area contributed by atoms with Crippen LogP contribution in [0.5, 0.6) is 5.75 Å². The van der Waals surface area contributed by atoms with Gasteiger partial charge in [0, 0.05) is 19.6 Å². The average molecular weight is 437 g/mol. The van der Waals surface area contributed by atoms with Gasteiger partial charge >= 0.3 is 5.97 Å². The number of benzene rings is 1. The van der Waals surface area contributed by atoms with E-state index >= 15 is 0 Å². The molecule has 0 radical (unpaired) electrons. The second-order valence-electron chi connectivity index (χ2n) is 6.33. The molecule has 8 nitrogen and oxygen atoms in total. The lowest BCUT2D eigenvalue weighted by molar-refractivity contribution is -0.138. The van der Waals surface area contributed by atoms with Crippen LogP contribution in [0.15, 0.2) is 29.2 Å². The molecule has 10 heteroatoms. The van der Waals surface area contributed by atoms with Gasteiger partial charge in [0.1, 0.15) is 10.1 Å². The maximum Gasteiger partial charge on any atom is 0.305 e. The maximum atomic E-state index is 12.5. The zero-order valence-corrected chi connectivity index (χ0v) is 17.2. The number of rotatable bonds is 7. The minimum atomic E-state index is -0.987. The van der Waals surface area contributed by atoms with Crippen molar-refractivity contribution >= 4 is 52.2 Å². The van der Waals surface area contributed by atoms with E-state index in [1.54, 1.807) is 35.2 Å². The summed E-state index contributed by atoms with van der Waals surface area (Å²) in [7, 11) is 0. The molecule has 0 spiro atoms. The maximum absolute atomic E-state index is 12.5. The predicted octanol–water partition coefficient (Wildman–Crippen LogP) is 1.60. The number of carbonyl (C=O) groups is 3. The Morgan fingerprint density at radius 1 is 1.31 bits per heavy atom. The number of ether oxygens (including phenoxy) is 2. The topological polar surface area (TPSA) is 96.4 Å². The number of thioether (sulfide) groups is 1. The van der Waals surface area contributed by atoms with Gasteiger partial charge in [-0.25, -0.2) is 0 Å². The molecule has 154 valence electrons. The van der Waals surface area contributed by atoms with Crippen LogP contribution in [0.1, 0.15) is 12.0 Å². The Bertz CT molecular complexity index is 851. The first-order chi connectivity index (χ1) is 13.9. The van der Waals surface area contributed by atoms with Gasteiger partial charge in [0.2, 0.25) is 0 Å². The normalized spacial score (nSPS) is 18.4. The van der Waals surface area contributed by atoms with Crippen molar-refractivity contribution < 1.29 is 29.0 Å². The molecule has 0 atom stereocenters. The highest BCUT2D eigenvalue weighted by atomic mass is 32.2. The van der Waals surface area contributed by atoms with Gasteiger partial charge in [0.15, 0.2) is 6.61 Å². The fraction of sp³-hybridized carbons (Fsp3) is 0.368. The molecule has 2 heterocycles. The molecule has 29 heavy (non-hydrogen) atoms. The summed E-state index contributed by atoms with van der Waals surface area (Å²) in [5.74, 6) is -0.880. The molecule has 2 saturated heterocycles. The summed E-state index contributed by atoms with van der Waals surface area (Å²) < 4.78 is 11.2. The SMILES string of the molecule is O=C(O)CCN1C(=O)/C(=C\c2cccc(OCC(=O)N3CCOCC3)c2)SC1=S. The molecule has 3 rings (SSSR count). The molecule has 0 aromatic heterocycles. The molecule has 1 aromatic rings. The number of carboxylic acid groups (broad SMARTS) is 1. The van der Waals surface area contributed by atoms with E-state index in [1.165, 1.54) is 4.90 Å². The Kier molecular flexibility index (Phi) is 7.24. The zero-order chi connectivity index (χ0) is 20.8. The molecule has 2 aliphatic heterocycles. The number of carboxylic acids is 1. The molecular weight excluding hydrogens is 416 g/mol. The van der Waals surface area contributed by atoms with Crippen molar-refractivity contribution in [3.8, 4) is 5.75 Å². The predicted molar refractivity (Wildman–Crippen MR) is 111 cm³/mol. The summed E-state index contributed by atoms with van der Waals surface area (Å²) in [6.45, 7) is 2.17. The second-order valence-corrected chi connectivity index (χ2v) is 8.01. The third-order valence-electron chi connectivity index (χ3n) is 4.30. The number of morpholine rings is 1. The number of aliphatic carboxylic acids is 1. The first-order valence-electron chi connectivity index (χ1n) is 8.99. The first-order valence-corrected chi connectivity index (χ1v) is 10.2. The summed E-state index contributed by atoms with van der Waals surface area (Å²) >= 11 is 6.31. The summed E-state index contributed by atoms with van der Waals surface area (Å²) in [5.41, 5.74) is 0.722. The number of amides is 2. The van der Waals surface area contributed by atoms with Crippen LogP contribution in [0.2, 0.25) is 0 Å². The standard InChI is InChI=1S/C19H20N2O6S2/c22-16(20-6-8-26-9-7-20)12-27-14-3-1-2-13(10-14)11-15-18(25)21(19(28)29-15)5-4-17(23)24/h1-3,10-11H,4-9,12H2,(H,23,24)/b15-11+. The summed E-state index contributed by atoms with van der Waals surface area (Å²) in [6, 6.07) is 7.05. The summed E-state index contributed by atoms with van der Waals surface area (Å²) in [4.78, 5) is 38.8. The van der Waals surface area contributed by atoms with Gasteiger partial charge in [-0.2, -0.15) is 0 Å². The van der Waals surface area contributed by atoms with Gasteiger partial charge in [-0.05, 0) is 23.8 Å². The van der Waals surface area contributed by atoms with E-state index in [-0.39, 0.29) is 31.4 Å². The van der Waals surface area contributed by atoms with Crippen LogP contribution in [0, 0.1) is 0 Å². The third-order valence-corrected chi connectivity index (χ3v) is 5.68. The number of nitrogens with zero attached hydrogens (tertiary/aromatic N) is 2. The summed E-state index contributed by atoms with van der Waals surface area (Å²) in [6.07, 6.45) is 1.51. The number of hydrogen-bond donors (Lipinski definition) is 1. The van der Waals surface area contributed by atoms with Gasteiger partial charge < -0.3 is 19.5 Å². The Morgan fingerprint density at radius 3 is 2.79 bits per heavy atom. The largest absolute Gasteiger partial charge is 0.484 e. The van der Waals surface area contributed by atoms with E-state index in [2.05, 4.69) is 0 Å². The molecule has 2 aliphatic rings. The quantitative estimate of drug-likeness (QED) is 0.509. The molecular formula is C19H20N2O6S2. The van der Waals surface area contributed by atoms with Crippen molar-refractivity contribution in [1.82, 2.24) is 9.80 Å². The Balaban J connectivity index is 1.61. The van der Waals surface area contributed by atoms with Crippen LogP contribution in [-0.2, 0) is 19.1 Å². The molecule has 0 unspecified atom stereocenters. The van der Waals surface area contributed by atoms with E-state index in [0.717, 1.165) is 17.3 Å². The lowest BCUT2D eigenvalue weighted by atomic mass is 10.2. The van der Waals surface area contributed by atoms with Crippen molar-refractivity contribution in [2.45, 2.75) is 6.42 Å². The Hall–Kier alpha value is -2.43.